The van der Waals surface area contributed by atoms with Gasteiger partial charge in [-0.1, -0.05) is 12.1 Å². The smallest absolute Gasteiger partial charge is 0.241 e. The maximum absolute atomic E-state index is 13.2. The Labute approximate surface area is 131 Å². The van der Waals surface area contributed by atoms with E-state index in [1.165, 1.54) is 19.1 Å². The SMILES string of the molecule is C[C@H](NS(=O)(=O)c1cccc(F)c1)[C@H](O)c1ccc(F)c(F)c1. The first-order valence-electron chi connectivity index (χ1n) is 6.61. The van der Waals surface area contributed by atoms with Crippen molar-refractivity contribution < 1.29 is 26.7 Å². The lowest BCUT2D eigenvalue weighted by Crippen LogP contribution is -2.37. The Kier molecular flexibility index (Phi) is 5.08. The normalized spacial score (nSPS) is 14.5. The molecule has 0 amide bonds. The number of aliphatic hydroxyl groups excluding tert-OH is 1. The number of aliphatic hydroxyl groups is 1. The molecule has 124 valence electrons. The summed E-state index contributed by atoms with van der Waals surface area (Å²) in [5.41, 5.74) is 0.0124. The van der Waals surface area contributed by atoms with Gasteiger partial charge in [0.15, 0.2) is 11.6 Å². The molecule has 0 aromatic heterocycles. The first-order chi connectivity index (χ1) is 10.7. The fourth-order valence-corrected chi connectivity index (χ4v) is 3.28. The second-order valence-electron chi connectivity index (χ2n) is 4.99. The van der Waals surface area contributed by atoms with Crippen LogP contribution in [0.25, 0.3) is 0 Å². The molecule has 2 rings (SSSR count). The topological polar surface area (TPSA) is 66.4 Å². The largest absolute Gasteiger partial charge is 0.387 e. The zero-order valence-electron chi connectivity index (χ0n) is 12.0. The quantitative estimate of drug-likeness (QED) is 0.875. The van der Waals surface area contributed by atoms with Crippen LogP contribution in [-0.2, 0) is 10.0 Å². The molecule has 0 radical (unpaired) electrons. The van der Waals surface area contributed by atoms with Gasteiger partial charge in [0.05, 0.1) is 11.0 Å². The molecule has 0 saturated carbocycles. The van der Waals surface area contributed by atoms with Crippen LogP contribution in [0.1, 0.15) is 18.6 Å². The third-order valence-corrected chi connectivity index (χ3v) is 4.76. The Morgan fingerprint density at radius 3 is 2.35 bits per heavy atom. The zero-order valence-corrected chi connectivity index (χ0v) is 12.8. The van der Waals surface area contributed by atoms with Gasteiger partial charge in [0, 0.05) is 6.04 Å². The molecule has 0 aliphatic rings. The van der Waals surface area contributed by atoms with Crippen LogP contribution in [0.2, 0.25) is 0 Å². The average molecular weight is 345 g/mol. The van der Waals surface area contributed by atoms with Crippen molar-refractivity contribution in [1.29, 1.82) is 0 Å². The molecule has 23 heavy (non-hydrogen) atoms. The molecule has 0 spiro atoms. The van der Waals surface area contributed by atoms with Crippen LogP contribution in [0, 0.1) is 17.5 Å². The van der Waals surface area contributed by atoms with Gasteiger partial charge >= 0.3 is 0 Å². The molecular weight excluding hydrogens is 331 g/mol. The summed E-state index contributed by atoms with van der Waals surface area (Å²) < 4.78 is 65.6. The van der Waals surface area contributed by atoms with Crippen LogP contribution in [0.5, 0.6) is 0 Å². The van der Waals surface area contributed by atoms with Crippen molar-refractivity contribution in [3.63, 3.8) is 0 Å². The predicted molar refractivity (Wildman–Crippen MR) is 77.5 cm³/mol. The van der Waals surface area contributed by atoms with Crippen LogP contribution in [0.3, 0.4) is 0 Å². The summed E-state index contributed by atoms with van der Waals surface area (Å²) in [5, 5.41) is 10.1. The highest BCUT2D eigenvalue weighted by atomic mass is 32.2. The monoisotopic (exact) mass is 345 g/mol. The Balaban J connectivity index is 2.20. The van der Waals surface area contributed by atoms with Gasteiger partial charge in [-0.05, 0) is 42.8 Å². The molecule has 0 saturated heterocycles. The Morgan fingerprint density at radius 1 is 1.04 bits per heavy atom. The van der Waals surface area contributed by atoms with Gasteiger partial charge in [-0.3, -0.25) is 0 Å². The van der Waals surface area contributed by atoms with Crippen LogP contribution >= 0.6 is 0 Å². The number of halogens is 3. The summed E-state index contributed by atoms with van der Waals surface area (Å²) in [7, 11) is -4.07. The Bertz CT molecular complexity index is 811. The fraction of sp³-hybridized carbons (Fsp3) is 0.200. The van der Waals surface area contributed by atoms with E-state index in [4.69, 9.17) is 0 Å². The van der Waals surface area contributed by atoms with E-state index < -0.39 is 39.6 Å². The lowest BCUT2D eigenvalue weighted by atomic mass is 10.0. The third-order valence-electron chi connectivity index (χ3n) is 3.21. The minimum Gasteiger partial charge on any atom is -0.387 e. The van der Waals surface area contributed by atoms with E-state index in [9.17, 15) is 26.7 Å². The number of sulfonamides is 1. The summed E-state index contributed by atoms with van der Waals surface area (Å²) in [6.45, 7) is 1.35. The van der Waals surface area contributed by atoms with Crippen molar-refractivity contribution in [1.82, 2.24) is 4.72 Å². The summed E-state index contributed by atoms with van der Waals surface area (Å²) >= 11 is 0. The molecule has 8 heteroatoms. The fourth-order valence-electron chi connectivity index (χ4n) is 2.00. The van der Waals surface area contributed by atoms with E-state index in [0.717, 1.165) is 30.3 Å². The minimum atomic E-state index is -4.07. The van der Waals surface area contributed by atoms with Crippen molar-refractivity contribution >= 4 is 10.0 Å². The molecule has 4 nitrogen and oxygen atoms in total. The standard InChI is InChI=1S/C15H14F3NO3S/c1-9(15(20)10-5-6-13(17)14(18)7-10)19-23(21,22)12-4-2-3-11(16)8-12/h2-9,15,19-20H,1H3/t9-,15-/m0/s1. The zero-order chi connectivity index (χ0) is 17.2. The van der Waals surface area contributed by atoms with E-state index >= 15 is 0 Å². The first kappa shape index (κ1) is 17.5. The Morgan fingerprint density at radius 2 is 1.74 bits per heavy atom. The van der Waals surface area contributed by atoms with Gasteiger partial charge in [-0.25, -0.2) is 26.3 Å². The molecule has 2 atom stereocenters. The molecular formula is C15H14F3NO3S. The Hall–Kier alpha value is -1.90. The minimum absolute atomic E-state index is 0.0124. The van der Waals surface area contributed by atoms with Crippen molar-refractivity contribution in [2.75, 3.05) is 0 Å². The van der Waals surface area contributed by atoms with Gasteiger partial charge in [0.25, 0.3) is 0 Å². The van der Waals surface area contributed by atoms with Gasteiger partial charge < -0.3 is 5.11 Å². The molecule has 0 fully saturated rings. The third kappa shape index (κ3) is 4.10. The lowest BCUT2D eigenvalue weighted by Gasteiger charge is -2.20. The van der Waals surface area contributed by atoms with Gasteiger partial charge in [-0.2, -0.15) is 0 Å². The van der Waals surface area contributed by atoms with E-state index in [-0.39, 0.29) is 10.5 Å². The van der Waals surface area contributed by atoms with Crippen LogP contribution in [-0.4, -0.2) is 19.6 Å². The van der Waals surface area contributed by atoms with Crippen molar-refractivity contribution in [2.24, 2.45) is 0 Å². The summed E-state index contributed by atoms with van der Waals surface area (Å²) in [6.07, 6.45) is -1.41. The van der Waals surface area contributed by atoms with E-state index in [1.54, 1.807) is 0 Å². The highest BCUT2D eigenvalue weighted by Gasteiger charge is 2.24. The maximum atomic E-state index is 13.2. The first-order valence-corrected chi connectivity index (χ1v) is 8.10. The van der Waals surface area contributed by atoms with Gasteiger partial charge in [0.2, 0.25) is 10.0 Å². The molecule has 2 aromatic rings. The summed E-state index contributed by atoms with van der Waals surface area (Å²) in [4.78, 5) is -0.304. The van der Waals surface area contributed by atoms with E-state index in [0.29, 0.717) is 0 Å². The van der Waals surface area contributed by atoms with Gasteiger partial charge in [-0.15, -0.1) is 0 Å². The molecule has 0 heterocycles. The second-order valence-corrected chi connectivity index (χ2v) is 6.70. The average Bonchev–Trinajstić information content (AvgIpc) is 2.49. The van der Waals surface area contributed by atoms with Crippen LogP contribution in [0.4, 0.5) is 13.2 Å². The molecule has 0 aliphatic carbocycles. The van der Waals surface area contributed by atoms with Crippen molar-refractivity contribution in [3.05, 3.63) is 65.5 Å². The number of nitrogens with one attached hydrogen (secondary N) is 1. The molecule has 0 aliphatic heterocycles. The lowest BCUT2D eigenvalue weighted by molar-refractivity contribution is 0.146. The van der Waals surface area contributed by atoms with E-state index in [1.807, 2.05) is 0 Å². The number of hydrogen-bond acceptors (Lipinski definition) is 3. The summed E-state index contributed by atoms with van der Waals surface area (Å²) in [6, 6.07) is 6.08. The molecule has 2 N–H and O–H groups in total. The van der Waals surface area contributed by atoms with Crippen LogP contribution in [0.15, 0.2) is 47.4 Å². The number of hydrogen-bond donors (Lipinski definition) is 2. The van der Waals surface area contributed by atoms with Gasteiger partial charge in [0.1, 0.15) is 5.82 Å². The highest BCUT2D eigenvalue weighted by Crippen LogP contribution is 2.21. The van der Waals surface area contributed by atoms with Crippen molar-refractivity contribution in [2.45, 2.75) is 24.0 Å². The van der Waals surface area contributed by atoms with Crippen molar-refractivity contribution in [3.8, 4) is 0 Å². The summed E-state index contributed by atoms with van der Waals surface area (Å²) in [5.74, 6) is -2.95. The molecule has 2 aromatic carbocycles. The molecule has 0 bridgehead atoms. The van der Waals surface area contributed by atoms with E-state index in [2.05, 4.69) is 4.72 Å². The number of benzene rings is 2. The molecule has 0 unspecified atom stereocenters. The number of rotatable bonds is 5. The second kappa shape index (κ2) is 6.69. The predicted octanol–water partition coefficient (Wildman–Crippen LogP) is 2.50. The van der Waals surface area contributed by atoms with Crippen LogP contribution < -0.4 is 4.72 Å². The highest BCUT2D eigenvalue weighted by molar-refractivity contribution is 7.89. The maximum Gasteiger partial charge on any atom is 0.241 e.